The van der Waals surface area contributed by atoms with Crippen LogP contribution in [0.5, 0.6) is 0 Å². The van der Waals surface area contributed by atoms with E-state index in [1.54, 1.807) is 0 Å². The highest BCUT2D eigenvalue weighted by atomic mass is 19.1. The minimum absolute atomic E-state index is 0.0623. The number of halogens is 2. The van der Waals surface area contributed by atoms with Gasteiger partial charge in [-0.15, -0.1) is 0 Å². The van der Waals surface area contributed by atoms with Crippen molar-refractivity contribution >= 4 is 11.6 Å². The maximum atomic E-state index is 13.3. The van der Waals surface area contributed by atoms with Crippen molar-refractivity contribution in [3.8, 4) is 0 Å². The van der Waals surface area contributed by atoms with Crippen molar-refractivity contribution in [1.29, 1.82) is 0 Å². The van der Waals surface area contributed by atoms with Crippen LogP contribution in [-0.2, 0) is 0 Å². The highest BCUT2D eigenvalue weighted by Crippen LogP contribution is 2.17. The van der Waals surface area contributed by atoms with Crippen molar-refractivity contribution in [3.05, 3.63) is 29.3 Å². The van der Waals surface area contributed by atoms with Gasteiger partial charge in [0.25, 0.3) is 5.91 Å². The highest BCUT2D eigenvalue weighted by Gasteiger charge is 2.13. The van der Waals surface area contributed by atoms with Gasteiger partial charge in [-0.1, -0.05) is 13.8 Å². The fourth-order valence-corrected chi connectivity index (χ4v) is 1.89. The van der Waals surface area contributed by atoms with Gasteiger partial charge in [-0.3, -0.25) is 4.79 Å². The third kappa shape index (κ3) is 4.45. The van der Waals surface area contributed by atoms with Gasteiger partial charge in [-0.05, 0) is 31.6 Å². The van der Waals surface area contributed by atoms with Crippen molar-refractivity contribution < 1.29 is 13.6 Å². The molecule has 0 aliphatic heterocycles. The van der Waals surface area contributed by atoms with Gasteiger partial charge < -0.3 is 16.0 Å². The number of hydrogen-bond acceptors (Lipinski definition) is 3. The van der Waals surface area contributed by atoms with E-state index in [9.17, 15) is 13.6 Å². The standard InChI is InChI=1S/C14H21F2N3O/c1-3-6-19(4-2)7-5-18-14(20)10-8-11(15)13(17)12(16)9-10/h8-9H,3-7,17H2,1-2H3,(H,18,20). The second kappa shape index (κ2) is 7.79. The van der Waals surface area contributed by atoms with Crippen LogP contribution in [-0.4, -0.2) is 37.0 Å². The molecular weight excluding hydrogens is 264 g/mol. The average Bonchev–Trinajstić information content (AvgIpc) is 2.43. The number of hydrogen-bond donors (Lipinski definition) is 2. The number of benzene rings is 1. The van der Waals surface area contributed by atoms with E-state index < -0.39 is 23.2 Å². The minimum atomic E-state index is -0.920. The molecule has 0 heterocycles. The number of carbonyl (C=O) groups excluding carboxylic acids is 1. The molecule has 0 radical (unpaired) electrons. The number of anilines is 1. The summed E-state index contributed by atoms with van der Waals surface area (Å²) >= 11 is 0. The molecule has 0 atom stereocenters. The van der Waals surface area contributed by atoms with E-state index in [0.717, 1.165) is 31.6 Å². The topological polar surface area (TPSA) is 58.4 Å². The molecule has 6 heteroatoms. The molecule has 1 amide bonds. The van der Waals surface area contributed by atoms with Crippen molar-refractivity contribution in [3.63, 3.8) is 0 Å². The fourth-order valence-electron chi connectivity index (χ4n) is 1.89. The van der Waals surface area contributed by atoms with Crippen molar-refractivity contribution in [2.75, 3.05) is 31.9 Å². The Hall–Kier alpha value is -1.69. The summed E-state index contributed by atoms with van der Waals surface area (Å²) in [5.74, 6) is -2.34. The molecule has 0 unspecified atom stereocenters. The van der Waals surface area contributed by atoms with Crippen LogP contribution in [0.15, 0.2) is 12.1 Å². The number of nitrogen functional groups attached to an aromatic ring is 1. The molecule has 1 aromatic rings. The Balaban J connectivity index is 2.55. The van der Waals surface area contributed by atoms with Gasteiger partial charge in [0, 0.05) is 18.7 Å². The second-order valence-electron chi connectivity index (χ2n) is 4.54. The molecular formula is C14H21F2N3O. The number of amides is 1. The van der Waals surface area contributed by atoms with Gasteiger partial charge in [-0.25, -0.2) is 8.78 Å². The lowest BCUT2D eigenvalue weighted by Crippen LogP contribution is -2.35. The Morgan fingerprint density at radius 2 is 1.85 bits per heavy atom. The number of nitrogens with one attached hydrogen (secondary N) is 1. The summed E-state index contributed by atoms with van der Waals surface area (Å²) in [4.78, 5) is 14.0. The smallest absolute Gasteiger partial charge is 0.251 e. The molecule has 20 heavy (non-hydrogen) atoms. The van der Waals surface area contributed by atoms with Crippen LogP contribution in [0.1, 0.15) is 30.6 Å². The maximum absolute atomic E-state index is 13.3. The molecule has 0 bridgehead atoms. The second-order valence-corrected chi connectivity index (χ2v) is 4.54. The van der Waals surface area contributed by atoms with Crippen LogP contribution in [0.4, 0.5) is 14.5 Å². The first-order valence-electron chi connectivity index (χ1n) is 6.74. The zero-order valence-electron chi connectivity index (χ0n) is 11.9. The predicted molar refractivity (Wildman–Crippen MR) is 75.5 cm³/mol. The van der Waals surface area contributed by atoms with E-state index in [0.29, 0.717) is 13.1 Å². The zero-order chi connectivity index (χ0) is 15.1. The number of likely N-dealkylation sites (N-methyl/N-ethyl adjacent to an activating group) is 1. The molecule has 0 saturated heterocycles. The van der Waals surface area contributed by atoms with E-state index >= 15 is 0 Å². The zero-order valence-corrected chi connectivity index (χ0v) is 11.9. The summed E-state index contributed by atoms with van der Waals surface area (Å²) in [7, 11) is 0. The van der Waals surface area contributed by atoms with Gasteiger partial charge in [-0.2, -0.15) is 0 Å². The maximum Gasteiger partial charge on any atom is 0.251 e. The Labute approximate surface area is 117 Å². The first-order valence-corrected chi connectivity index (χ1v) is 6.74. The van der Waals surface area contributed by atoms with Crippen LogP contribution in [0.3, 0.4) is 0 Å². The van der Waals surface area contributed by atoms with Crippen molar-refractivity contribution in [2.24, 2.45) is 0 Å². The monoisotopic (exact) mass is 285 g/mol. The average molecular weight is 285 g/mol. The highest BCUT2D eigenvalue weighted by molar-refractivity contribution is 5.94. The first-order chi connectivity index (χ1) is 9.49. The molecule has 0 spiro atoms. The lowest BCUT2D eigenvalue weighted by atomic mass is 10.1. The molecule has 1 aromatic carbocycles. The number of nitrogens with two attached hydrogens (primary N) is 1. The van der Waals surface area contributed by atoms with Crippen molar-refractivity contribution in [1.82, 2.24) is 10.2 Å². The molecule has 0 fully saturated rings. The van der Waals surface area contributed by atoms with Gasteiger partial charge in [0.1, 0.15) is 17.3 Å². The minimum Gasteiger partial charge on any atom is -0.394 e. The van der Waals surface area contributed by atoms with E-state index in [-0.39, 0.29) is 5.56 Å². The normalized spacial score (nSPS) is 10.8. The third-order valence-electron chi connectivity index (χ3n) is 3.04. The van der Waals surface area contributed by atoms with Crippen LogP contribution < -0.4 is 11.1 Å². The molecule has 1 rings (SSSR count). The van der Waals surface area contributed by atoms with E-state index in [2.05, 4.69) is 17.1 Å². The van der Waals surface area contributed by atoms with E-state index in [4.69, 9.17) is 5.73 Å². The van der Waals surface area contributed by atoms with Crippen LogP contribution in [0.25, 0.3) is 0 Å². The van der Waals surface area contributed by atoms with Gasteiger partial charge >= 0.3 is 0 Å². The predicted octanol–water partition coefficient (Wildman–Crippen LogP) is 2.01. The van der Waals surface area contributed by atoms with Gasteiger partial charge in [0.15, 0.2) is 0 Å². The van der Waals surface area contributed by atoms with Crippen LogP contribution >= 0.6 is 0 Å². The SMILES string of the molecule is CCCN(CC)CCNC(=O)c1cc(F)c(N)c(F)c1. The summed E-state index contributed by atoms with van der Waals surface area (Å²) in [5, 5.41) is 2.64. The van der Waals surface area contributed by atoms with Crippen LogP contribution in [0.2, 0.25) is 0 Å². The van der Waals surface area contributed by atoms with E-state index in [1.165, 1.54) is 0 Å². The molecule has 112 valence electrons. The fraction of sp³-hybridized carbons (Fsp3) is 0.500. The molecule has 3 N–H and O–H groups in total. The lowest BCUT2D eigenvalue weighted by Gasteiger charge is -2.19. The summed E-state index contributed by atoms with van der Waals surface area (Å²) in [6.45, 7) is 7.12. The molecule has 0 aliphatic rings. The first kappa shape index (κ1) is 16.4. The van der Waals surface area contributed by atoms with Crippen LogP contribution in [0, 0.1) is 11.6 Å². The van der Waals surface area contributed by atoms with Gasteiger partial charge in [0.2, 0.25) is 0 Å². The summed E-state index contributed by atoms with van der Waals surface area (Å²) in [6.07, 6.45) is 1.04. The third-order valence-corrected chi connectivity index (χ3v) is 3.04. The Bertz CT molecular complexity index is 443. The Morgan fingerprint density at radius 1 is 1.25 bits per heavy atom. The Kier molecular flexibility index (Phi) is 6.38. The number of rotatable bonds is 7. The van der Waals surface area contributed by atoms with Gasteiger partial charge in [0.05, 0.1) is 0 Å². The molecule has 0 aromatic heterocycles. The molecule has 0 saturated carbocycles. The summed E-state index contributed by atoms with van der Waals surface area (Å²) in [5.41, 5.74) is 4.52. The summed E-state index contributed by atoms with van der Waals surface area (Å²) in [6, 6.07) is 1.88. The quantitative estimate of drug-likeness (QED) is 0.753. The summed E-state index contributed by atoms with van der Waals surface area (Å²) < 4.78 is 26.5. The number of carbonyl (C=O) groups is 1. The lowest BCUT2D eigenvalue weighted by molar-refractivity contribution is 0.0947. The molecule has 0 aliphatic carbocycles. The molecule has 4 nitrogen and oxygen atoms in total. The van der Waals surface area contributed by atoms with Crippen molar-refractivity contribution in [2.45, 2.75) is 20.3 Å². The Morgan fingerprint density at radius 3 is 2.35 bits per heavy atom. The number of nitrogens with zero attached hydrogens (tertiary/aromatic N) is 1. The van der Waals surface area contributed by atoms with E-state index in [1.807, 2.05) is 6.92 Å². The largest absolute Gasteiger partial charge is 0.394 e.